The van der Waals surface area contributed by atoms with E-state index >= 15 is 0 Å². The lowest BCUT2D eigenvalue weighted by Crippen LogP contribution is -2.49. The molecule has 0 radical (unpaired) electrons. The number of nitrogens with zero attached hydrogens (tertiary/aromatic N) is 3. The predicted molar refractivity (Wildman–Crippen MR) is 102 cm³/mol. The van der Waals surface area contributed by atoms with Crippen LogP contribution in [0.3, 0.4) is 0 Å². The zero-order valence-corrected chi connectivity index (χ0v) is 16.1. The summed E-state index contributed by atoms with van der Waals surface area (Å²) in [6.07, 6.45) is 0. The number of hydrogen-bond acceptors (Lipinski definition) is 4. The Bertz CT molecular complexity index is 924. The number of para-hydroxylation sites is 1. The molecule has 8 heteroatoms. The molecule has 0 aromatic heterocycles. The normalized spacial score (nSPS) is 15.3. The summed E-state index contributed by atoms with van der Waals surface area (Å²) in [7, 11) is -0.954. The second-order valence-electron chi connectivity index (χ2n) is 6.54. The molecule has 0 unspecified atom stereocenters. The first-order chi connectivity index (χ1) is 12.8. The van der Waals surface area contributed by atoms with Gasteiger partial charge >= 0.3 is 0 Å². The van der Waals surface area contributed by atoms with E-state index in [1.54, 1.807) is 4.90 Å². The summed E-state index contributed by atoms with van der Waals surface area (Å²) in [5, 5.41) is 0. The number of amides is 1. The van der Waals surface area contributed by atoms with Gasteiger partial charge in [-0.2, -0.15) is 0 Å². The lowest BCUT2D eigenvalue weighted by atomic mass is 10.1. The van der Waals surface area contributed by atoms with Gasteiger partial charge in [-0.1, -0.05) is 18.2 Å². The second-order valence-corrected chi connectivity index (χ2v) is 8.70. The minimum absolute atomic E-state index is 0.0971. The predicted octanol–water partition coefficient (Wildman–Crippen LogP) is 2.04. The van der Waals surface area contributed by atoms with Gasteiger partial charge in [-0.3, -0.25) is 4.79 Å². The quantitative estimate of drug-likeness (QED) is 0.800. The van der Waals surface area contributed by atoms with Crippen LogP contribution in [0.4, 0.5) is 10.1 Å². The molecule has 2 aromatic carbocycles. The summed E-state index contributed by atoms with van der Waals surface area (Å²) < 4.78 is 39.8. The number of anilines is 1. The van der Waals surface area contributed by atoms with Gasteiger partial charge in [-0.15, -0.1) is 0 Å². The molecule has 0 spiro atoms. The van der Waals surface area contributed by atoms with Crippen molar-refractivity contribution in [2.75, 3.05) is 45.2 Å². The SMILES string of the molecule is CN(C)S(=O)(=O)c1ccc(F)c(C(=O)N2CCN(c3ccccc3)CC2)c1. The third-order valence-electron chi connectivity index (χ3n) is 4.64. The number of piperazine rings is 1. The Hall–Kier alpha value is -2.45. The highest BCUT2D eigenvalue weighted by atomic mass is 32.2. The maximum atomic E-state index is 14.2. The minimum atomic E-state index is -3.74. The summed E-state index contributed by atoms with van der Waals surface area (Å²) in [6, 6.07) is 13.2. The Morgan fingerprint density at radius 2 is 1.63 bits per heavy atom. The van der Waals surface area contributed by atoms with E-state index in [0.29, 0.717) is 26.2 Å². The fourth-order valence-electron chi connectivity index (χ4n) is 3.02. The molecule has 1 fully saturated rings. The summed E-state index contributed by atoms with van der Waals surface area (Å²) in [6.45, 7) is 2.15. The van der Waals surface area contributed by atoms with Gasteiger partial charge in [0.25, 0.3) is 5.91 Å². The average Bonchev–Trinajstić information content (AvgIpc) is 2.68. The van der Waals surface area contributed by atoms with E-state index in [9.17, 15) is 17.6 Å². The molecule has 0 saturated carbocycles. The average molecular weight is 391 g/mol. The Labute approximate surface area is 158 Å². The fourth-order valence-corrected chi connectivity index (χ4v) is 3.94. The molecule has 0 atom stereocenters. The van der Waals surface area contributed by atoms with Gasteiger partial charge in [0.05, 0.1) is 10.5 Å². The smallest absolute Gasteiger partial charge is 0.256 e. The second kappa shape index (κ2) is 7.66. The Morgan fingerprint density at radius 3 is 2.22 bits per heavy atom. The van der Waals surface area contributed by atoms with Crippen LogP contribution in [-0.2, 0) is 10.0 Å². The van der Waals surface area contributed by atoms with E-state index in [-0.39, 0.29) is 10.5 Å². The van der Waals surface area contributed by atoms with Crippen LogP contribution < -0.4 is 4.90 Å². The topological polar surface area (TPSA) is 60.9 Å². The van der Waals surface area contributed by atoms with Gasteiger partial charge in [-0.05, 0) is 30.3 Å². The van der Waals surface area contributed by atoms with Gasteiger partial charge < -0.3 is 9.80 Å². The molecule has 6 nitrogen and oxygen atoms in total. The van der Waals surface area contributed by atoms with E-state index in [1.165, 1.54) is 20.2 Å². The van der Waals surface area contributed by atoms with Crippen LogP contribution in [0.15, 0.2) is 53.4 Å². The summed E-state index contributed by atoms with van der Waals surface area (Å²) >= 11 is 0. The third-order valence-corrected chi connectivity index (χ3v) is 6.45. The van der Waals surface area contributed by atoms with Crippen molar-refractivity contribution in [3.05, 3.63) is 59.9 Å². The summed E-state index contributed by atoms with van der Waals surface area (Å²) in [5.41, 5.74) is 0.862. The molecule has 1 amide bonds. The van der Waals surface area contributed by atoms with Crippen LogP contribution in [-0.4, -0.2) is 63.8 Å². The lowest BCUT2D eigenvalue weighted by molar-refractivity contribution is 0.0741. The van der Waals surface area contributed by atoms with Crippen LogP contribution >= 0.6 is 0 Å². The number of rotatable bonds is 4. The van der Waals surface area contributed by atoms with Crippen molar-refractivity contribution in [2.24, 2.45) is 0 Å². The fraction of sp³-hybridized carbons (Fsp3) is 0.316. The molecule has 0 aliphatic carbocycles. The Kier molecular flexibility index (Phi) is 5.48. The molecule has 2 aromatic rings. The van der Waals surface area contributed by atoms with Crippen molar-refractivity contribution in [3.63, 3.8) is 0 Å². The van der Waals surface area contributed by atoms with E-state index in [1.807, 2.05) is 30.3 Å². The molecule has 1 heterocycles. The first kappa shape index (κ1) is 19.3. The van der Waals surface area contributed by atoms with E-state index in [0.717, 1.165) is 22.1 Å². The van der Waals surface area contributed by atoms with Crippen molar-refractivity contribution < 1.29 is 17.6 Å². The van der Waals surface area contributed by atoms with Gasteiger partial charge in [0.2, 0.25) is 10.0 Å². The van der Waals surface area contributed by atoms with E-state index < -0.39 is 21.7 Å². The number of carbonyl (C=O) groups excluding carboxylic acids is 1. The minimum Gasteiger partial charge on any atom is -0.368 e. The van der Waals surface area contributed by atoms with Crippen LogP contribution in [0.1, 0.15) is 10.4 Å². The van der Waals surface area contributed by atoms with Gasteiger partial charge in [0.1, 0.15) is 5.82 Å². The Balaban J connectivity index is 1.77. The zero-order valence-electron chi connectivity index (χ0n) is 15.3. The highest BCUT2D eigenvalue weighted by Gasteiger charge is 2.26. The monoisotopic (exact) mass is 391 g/mol. The van der Waals surface area contributed by atoms with Crippen molar-refractivity contribution in [2.45, 2.75) is 4.90 Å². The molecular formula is C19H22FN3O3S. The summed E-state index contributed by atoms with van der Waals surface area (Å²) in [4.78, 5) is 16.4. The molecule has 27 heavy (non-hydrogen) atoms. The molecule has 3 rings (SSSR count). The number of sulfonamides is 1. The molecule has 1 aliphatic heterocycles. The first-order valence-corrected chi connectivity index (χ1v) is 10.1. The number of benzene rings is 2. The van der Waals surface area contributed by atoms with Crippen LogP contribution in [0.25, 0.3) is 0 Å². The van der Waals surface area contributed by atoms with Gasteiger partial charge in [0.15, 0.2) is 0 Å². The number of carbonyl (C=O) groups is 1. The van der Waals surface area contributed by atoms with Gasteiger partial charge in [0, 0.05) is 46.0 Å². The molecule has 1 saturated heterocycles. The highest BCUT2D eigenvalue weighted by molar-refractivity contribution is 7.89. The third kappa shape index (κ3) is 3.96. The van der Waals surface area contributed by atoms with Crippen LogP contribution in [0.2, 0.25) is 0 Å². The molecule has 0 N–H and O–H groups in total. The molecule has 1 aliphatic rings. The van der Waals surface area contributed by atoms with Crippen LogP contribution in [0.5, 0.6) is 0 Å². The van der Waals surface area contributed by atoms with Crippen molar-refractivity contribution in [1.82, 2.24) is 9.21 Å². The zero-order chi connectivity index (χ0) is 19.6. The van der Waals surface area contributed by atoms with Gasteiger partial charge in [-0.25, -0.2) is 17.1 Å². The first-order valence-electron chi connectivity index (χ1n) is 8.62. The van der Waals surface area contributed by atoms with E-state index in [2.05, 4.69) is 4.90 Å². The molecule has 0 bridgehead atoms. The molecule has 144 valence electrons. The standard InChI is InChI=1S/C19H22FN3O3S/c1-21(2)27(25,26)16-8-9-18(20)17(14-16)19(24)23-12-10-22(11-13-23)15-6-4-3-5-7-15/h3-9,14H,10-13H2,1-2H3. The van der Waals surface area contributed by atoms with Crippen LogP contribution in [0, 0.1) is 5.82 Å². The van der Waals surface area contributed by atoms with E-state index in [4.69, 9.17) is 0 Å². The Morgan fingerprint density at radius 1 is 1.00 bits per heavy atom. The highest BCUT2D eigenvalue weighted by Crippen LogP contribution is 2.21. The summed E-state index contributed by atoms with van der Waals surface area (Å²) in [5.74, 6) is -1.21. The lowest BCUT2D eigenvalue weighted by Gasteiger charge is -2.36. The molecular weight excluding hydrogens is 369 g/mol. The maximum Gasteiger partial charge on any atom is 0.256 e. The maximum absolute atomic E-state index is 14.2. The number of hydrogen-bond donors (Lipinski definition) is 0. The largest absolute Gasteiger partial charge is 0.368 e. The van der Waals surface area contributed by atoms with Crippen molar-refractivity contribution in [3.8, 4) is 0 Å². The number of halogens is 1. The van der Waals surface area contributed by atoms with Crippen molar-refractivity contribution >= 4 is 21.6 Å². The van der Waals surface area contributed by atoms with Crippen molar-refractivity contribution in [1.29, 1.82) is 0 Å².